The summed E-state index contributed by atoms with van der Waals surface area (Å²) in [5, 5.41) is 21.1. The maximum Gasteiger partial charge on any atom is 0.160 e. The minimum absolute atomic E-state index is 0.106. The maximum absolute atomic E-state index is 9.85. The second kappa shape index (κ2) is 4.94. The van der Waals surface area contributed by atoms with Gasteiger partial charge in [-0.1, -0.05) is 19.8 Å². The fourth-order valence-electron chi connectivity index (χ4n) is 3.23. The number of rotatable bonds is 3. The number of nitrogen functional groups attached to an aromatic ring is 1. The first-order chi connectivity index (χ1) is 9.63. The third-order valence-corrected chi connectivity index (χ3v) is 4.24. The van der Waals surface area contributed by atoms with Crippen molar-refractivity contribution < 1.29 is 9.74 Å². The maximum atomic E-state index is 9.85. The molecule has 2 atom stereocenters. The molecule has 2 aromatic rings. The quantitative estimate of drug-likeness (QED) is 0.743. The van der Waals surface area contributed by atoms with E-state index in [-0.39, 0.29) is 12.1 Å². The van der Waals surface area contributed by atoms with Crippen LogP contribution >= 0.6 is 0 Å². The van der Waals surface area contributed by atoms with Gasteiger partial charge in [0.1, 0.15) is 0 Å². The van der Waals surface area contributed by atoms with Crippen LogP contribution in [-0.2, 0) is 0 Å². The van der Waals surface area contributed by atoms with E-state index in [1.807, 2.05) is 6.07 Å². The van der Waals surface area contributed by atoms with Gasteiger partial charge in [-0.05, 0) is 41.2 Å². The summed E-state index contributed by atoms with van der Waals surface area (Å²) in [6.07, 6.45) is 4.22. The lowest BCUT2D eigenvalue weighted by Crippen LogP contribution is -2.45. The summed E-state index contributed by atoms with van der Waals surface area (Å²) in [6.45, 7) is 2.33. The number of aliphatic hydroxyl groups is 1. The van der Waals surface area contributed by atoms with Crippen molar-refractivity contribution in [2.24, 2.45) is 5.92 Å². The fourth-order valence-corrected chi connectivity index (χ4v) is 3.23. The van der Waals surface area contributed by atoms with Crippen LogP contribution in [0.25, 0.3) is 11.0 Å². The summed E-state index contributed by atoms with van der Waals surface area (Å²) in [7, 11) is 0. The number of nitrogens with zero attached hydrogens (tertiary/aromatic N) is 2. The fraction of sp³-hybridized carbons (Fsp3) is 0.571. The molecule has 1 saturated carbocycles. The van der Waals surface area contributed by atoms with Crippen molar-refractivity contribution in [3.8, 4) is 0 Å². The van der Waals surface area contributed by atoms with Gasteiger partial charge in [0.25, 0.3) is 0 Å². The Hall–Kier alpha value is -1.82. The molecule has 0 amide bonds. The van der Waals surface area contributed by atoms with Crippen molar-refractivity contribution in [1.29, 1.82) is 0 Å². The van der Waals surface area contributed by atoms with Crippen LogP contribution < -0.4 is 11.1 Å². The van der Waals surface area contributed by atoms with Crippen molar-refractivity contribution in [1.82, 2.24) is 10.3 Å². The van der Waals surface area contributed by atoms with Gasteiger partial charge >= 0.3 is 0 Å². The topological polar surface area (TPSA) is 97.2 Å². The van der Waals surface area contributed by atoms with Gasteiger partial charge in [-0.3, -0.25) is 0 Å². The first-order valence-electron chi connectivity index (χ1n) is 7.03. The normalized spacial score (nSPS) is 26.8. The van der Waals surface area contributed by atoms with E-state index in [0.29, 0.717) is 22.6 Å². The third kappa shape index (κ3) is 2.20. The molecule has 0 aliphatic heterocycles. The van der Waals surface area contributed by atoms with Gasteiger partial charge in [0.05, 0.1) is 23.5 Å². The highest BCUT2D eigenvalue weighted by atomic mass is 16.6. The van der Waals surface area contributed by atoms with E-state index in [1.54, 1.807) is 6.07 Å². The van der Waals surface area contributed by atoms with E-state index in [1.165, 1.54) is 6.42 Å². The van der Waals surface area contributed by atoms with Crippen LogP contribution in [0.4, 0.5) is 11.4 Å². The summed E-state index contributed by atoms with van der Waals surface area (Å²) in [5.74, 6) is 0.600. The first-order valence-corrected chi connectivity index (χ1v) is 7.03. The standard InChI is InChI=1S/C14H20N4O2/c1-9-3-2-6-14(7-9,8-19)16-11-5-4-10(15)12-13(11)18-20-17-12/h4-5,9,16,19H,2-3,6-8,15H2,1H3. The zero-order valence-corrected chi connectivity index (χ0v) is 11.6. The predicted molar refractivity (Wildman–Crippen MR) is 77.3 cm³/mol. The highest BCUT2D eigenvalue weighted by molar-refractivity contribution is 5.95. The molecule has 20 heavy (non-hydrogen) atoms. The third-order valence-electron chi connectivity index (χ3n) is 4.24. The molecule has 1 fully saturated rings. The number of nitrogens with one attached hydrogen (secondary N) is 1. The molecule has 0 saturated heterocycles. The number of hydrogen-bond donors (Lipinski definition) is 3. The molecule has 0 bridgehead atoms. The monoisotopic (exact) mass is 276 g/mol. The van der Waals surface area contributed by atoms with Crippen molar-refractivity contribution in [3.05, 3.63) is 12.1 Å². The number of aromatic nitrogens is 2. The SMILES string of the molecule is CC1CCCC(CO)(Nc2ccc(N)c3nonc23)C1. The molecule has 1 aliphatic carbocycles. The highest BCUT2D eigenvalue weighted by Crippen LogP contribution is 2.36. The molecule has 0 spiro atoms. The minimum Gasteiger partial charge on any atom is -0.397 e. The molecule has 0 radical (unpaired) electrons. The number of anilines is 2. The first kappa shape index (κ1) is 13.2. The summed E-state index contributed by atoms with van der Waals surface area (Å²) < 4.78 is 4.78. The smallest absolute Gasteiger partial charge is 0.160 e. The zero-order valence-electron chi connectivity index (χ0n) is 11.6. The Kier molecular flexibility index (Phi) is 3.25. The van der Waals surface area contributed by atoms with E-state index in [9.17, 15) is 5.11 Å². The van der Waals surface area contributed by atoms with Gasteiger partial charge in [0.15, 0.2) is 11.0 Å². The summed E-state index contributed by atoms with van der Waals surface area (Å²) in [6, 6.07) is 3.66. The van der Waals surface area contributed by atoms with Crippen LogP contribution in [0.1, 0.15) is 32.6 Å². The minimum atomic E-state index is -0.292. The van der Waals surface area contributed by atoms with Crippen molar-refractivity contribution in [2.45, 2.75) is 38.1 Å². The molecular formula is C14H20N4O2. The summed E-state index contributed by atoms with van der Waals surface area (Å²) in [4.78, 5) is 0. The Morgan fingerprint density at radius 1 is 1.45 bits per heavy atom. The molecule has 1 aromatic carbocycles. The summed E-state index contributed by atoms with van der Waals surface area (Å²) >= 11 is 0. The number of nitrogens with two attached hydrogens (primary N) is 1. The molecule has 6 nitrogen and oxygen atoms in total. The van der Waals surface area contributed by atoms with Crippen LogP contribution in [0.5, 0.6) is 0 Å². The zero-order chi connectivity index (χ0) is 14.2. The lowest BCUT2D eigenvalue weighted by atomic mass is 9.76. The number of aliphatic hydroxyl groups excluding tert-OH is 1. The van der Waals surface area contributed by atoms with Crippen LogP contribution in [0.3, 0.4) is 0 Å². The van der Waals surface area contributed by atoms with Gasteiger partial charge in [-0.15, -0.1) is 0 Å². The van der Waals surface area contributed by atoms with Crippen molar-refractivity contribution in [2.75, 3.05) is 17.7 Å². The number of benzene rings is 1. The molecule has 1 aliphatic rings. The van der Waals surface area contributed by atoms with E-state index in [4.69, 9.17) is 10.4 Å². The highest BCUT2D eigenvalue weighted by Gasteiger charge is 2.35. The van der Waals surface area contributed by atoms with Crippen molar-refractivity contribution >= 4 is 22.4 Å². The average molecular weight is 276 g/mol. The Balaban J connectivity index is 1.95. The van der Waals surface area contributed by atoms with Gasteiger partial charge in [0, 0.05) is 0 Å². The lowest BCUT2D eigenvalue weighted by molar-refractivity contribution is 0.150. The van der Waals surface area contributed by atoms with Crippen LogP contribution in [0, 0.1) is 5.92 Å². The second-order valence-corrected chi connectivity index (χ2v) is 5.93. The Bertz CT molecular complexity index is 612. The Labute approximate surface area is 117 Å². The van der Waals surface area contributed by atoms with Gasteiger partial charge in [-0.25, -0.2) is 4.63 Å². The molecule has 2 unspecified atom stereocenters. The molecule has 3 rings (SSSR count). The largest absolute Gasteiger partial charge is 0.397 e. The van der Waals surface area contributed by atoms with Gasteiger partial charge in [0.2, 0.25) is 0 Å². The molecule has 4 N–H and O–H groups in total. The van der Waals surface area contributed by atoms with E-state index < -0.39 is 0 Å². The second-order valence-electron chi connectivity index (χ2n) is 5.93. The van der Waals surface area contributed by atoms with Crippen LogP contribution in [0.15, 0.2) is 16.8 Å². The van der Waals surface area contributed by atoms with E-state index in [2.05, 4.69) is 22.6 Å². The number of hydrogen-bond acceptors (Lipinski definition) is 6. The average Bonchev–Trinajstić information content (AvgIpc) is 2.93. The molecular weight excluding hydrogens is 256 g/mol. The molecule has 108 valence electrons. The Morgan fingerprint density at radius 3 is 3.00 bits per heavy atom. The van der Waals surface area contributed by atoms with Gasteiger partial charge in [-0.2, -0.15) is 0 Å². The van der Waals surface area contributed by atoms with E-state index >= 15 is 0 Å². The van der Waals surface area contributed by atoms with Crippen molar-refractivity contribution in [3.63, 3.8) is 0 Å². The lowest BCUT2D eigenvalue weighted by Gasteiger charge is -2.40. The predicted octanol–water partition coefficient (Wildman–Crippen LogP) is 2.16. The number of fused-ring (bicyclic) bond motifs is 1. The van der Waals surface area contributed by atoms with E-state index in [0.717, 1.165) is 24.9 Å². The molecule has 1 aromatic heterocycles. The Morgan fingerprint density at radius 2 is 2.25 bits per heavy atom. The van der Waals surface area contributed by atoms with Gasteiger partial charge < -0.3 is 16.2 Å². The van der Waals surface area contributed by atoms with Crippen LogP contribution in [-0.4, -0.2) is 27.6 Å². The molecule has 1 heterocycles. The van der Waals surface area contributed by atoms with Crippen LogP contribution in [0.2, 0.25) is 0 Å². The summed E-state index contributed by atoms with van der Waals surface area (Å²) in [5.41, 5.74) is 8.10. The molecule has 6 heteroatoms.